The number of aromatic nitrogens is 2. The van der Waals surface area contributed by atoms with Crippen LogP contribution in [0.2, 0.25) is 0 Å². The van der Waals surface area contributed by atoms with E-state index in [0.717, 1.165) is 47.9 Å². The average molecular weight is 316 g/mol. The molecule has 122 valence electrons. The van der Waals surface area contributed by atoms with Crippen LogP contribution < -0.4 is 10.2 Å². The van der Waals surface area contributed by atoms with E-state index in [0.29, 0.717) is 26.4 Å². The topological polar surface area (TPSA) is 68.6 Å². The molecule has 1 amide bonds. The van der Waals surface area contributed by atoms with Gasteiger partial charge in [-0.05, 0) is 12.1 Å². The lowest BCUT2D eigenvalue weighted by Crippen LogP contribution is -2.36. The minimum atomic E-state index is -0.0689. The Balaban J connectivity index is 1.83. The van der Waals surface area contributed by atoms with E-state index >= 15 is 0 Å². The molecule has 0 radical (unpaired) electrons. The smallest absolute Gasteiger partial charge is 0.221 e. The van der Waals surface area contributed by atoms with Crippen LogP contribution in [0.25, 0.3) is 11.0 Å². The second kappa shape index (κ2) is 5.82. The molecule has 2 aromatic rings. The Kier molecular flexibility index (Phi) is 3.66. The van der Waals surface area contributed by atoms with Crippen molar-refractivity contribution in [2.24, 2.45) is 0 Å². The summed E-state index contributed by atoms with van der Waals surface area (Å²) in [6.45, 7) is 6.59. The summed E-state index contributed by atoms with van der Waals surface area (Å²) in [6.07, 6.45) is 0. The molecule has 2 aliphatic rings. The van der Waals surface area contributed by atoms with Gasteiger partial charge in [0, 0.05) is 26.6 Å². The van der Waals surface area contributed by atoms with Gasteiger partial charge >= 0.3 is 0 Å². The Morgan fingerprint density at radius 2 is 1.96 bits per heavy atom. The lowest BCUT2D eigenvalue weighted by atomic mass is 10.2. The summed E-state index contributed by atoms with van der Waals surface area (Å²) < 4.78 is 13.1. The highest BCUT2D eigenvalue weighted by atomic mass is 16.5. The molecule has 0 bridgehead atoms. The van der Waals surface area contributed by atoms with Crippen molar-refractivity contribution in [1.29, 1.82) is 0 Å². The summed E-state index contributed by atoms with van der Waals surface area (Å²) in [5.74, 6) is 0.875. The molecular formula is C16H20N4O3. The van der Waals surface area contributed by atoms with Crippen LogP contribution in [0.15, 0.2) is 12.1 Å². The molecule has 0 saturated carbocycles. The molecule has 3 heterocycles. The summed E-state index contributed by atoms with van der Waals surface area (Å²) in [6, 6.07) is 4.10. The highest BCUT2D eigenvalue weighted by Gasteiger charge is 2.21. The number of carbonyl (C=O) groups is 1. The van der Waals surface area contributed by atoms with Crippen molar-refractivity contribution in [2.75, 3.05) is 43.1 Å². The van der Waals surface area contributed by atoms with Gasteiger partial charge < -0.3 is 24.3 Å². The molecule has 4 rings (SSSR count). The fourth-order valence-corrected chi connectivity index (χ4v) is 3.24. The number of fused-ring (bicyclic) bond motifs is 3. The first kappa shape index (κ1) is 14.5. The zero-order valence-electron chi connectivity index (χ0n) is 13.2. The van der Waals surface area contributed by atoms with E-state index in [1.807, 2.05) is 6.07 Å². The van der Waals surface area contributed by atoms with E-state index in [1.165, 1.54) is 6.92 Å². The van der Waals surface area contributed by atoms with E-state index in [-0.39, 0.29) is 5.91 Å². The predicted octanol–water partition coefficient (Wildman–Crippen LogP) is 1.36. The van der Waals surface area contributed by atoms with Crippen molar-refractivity contribution < 1.29 is 14.3 Å². The lowest BCUT2D eigenvalue weighted by molar-refractivity contribution is -0.114. The molecule has 0 aliphatic carbocycles. The second-order valence-corrected chi connectivity index (χ2v) is 5.87. The Morgan fingerprint density at radius 1 is 1.17 bits per heavy atom. The lowest BCUT2D eigenvalue weighted by Gasteiger charge is -2.30. The molecule has 23 heavy (non-hydrogen) atoms. The van der Waals surface area contributed by atoms with Gasteiger partial charge in [0.15, 0.2) is 0 Å². The van der Waals surface area contributed by atoms with E-state index in [2.05, 4.69) is 20.9 Å². The minimum Gasteiger partial charge on any atom is -0.378 e. The van der Waals surface area contributed by atoms with Gasteiger partial charge in [-0.15, -0.1) is 0 Å². The van der Waals surface area contributed by atoms with Crippen LogP contribution >= 0.6 is 0 Å². The number of morpholine rings is 1. The number of anilines is 2. The Hall–Kier alpha value is -2.12. The first-order valence-corrected chi connectivity index (χ1v) is 7.93. The van der Waals surface area contributed by atoms with Gasteiger partial charge in [0.05, 0.1) is 42.2 Å². The van der Waals surface area contributed by atoms with E-state index in [9.17, 15) is 4.79 Å². The summed E-state index contributed by atoms with van der Waals surface area (Å²) in [5.41, 5.74) is 3.83. The Labute approximate surface area is 134 Å². The van der Waals surface area contributed by atoms with Crippen LogP contribution in [0.1, 0.15) is 12.7 Å². The number of carbonyl (C=O) groups excluding carboxylic acids is 1. The molecule has 1 fully saturated rings. The quantitative estimate of drug-likeness (QED) is 0.906. The molecule has 1 saturated heterocycles. The normalized spacial score (nSPS) is 18.0. The number of ether oxygens (including phenoxy) is 2. The number of hydrogen-bond acceptors (Lipinski definition) is 5. The number of hydrogen-bond donors (Lipinski definition) is 1. The maximum atomic E-state index is 11.6. The zero-order valence-corrected chi connectivity index (χ0v) is 13.2. The third-order valence-corrected chi connectivity index (χ3v) is 4.30. The number of imidazole rings is 1. The first-order valence-electron chi connectivity index (χ1n) is 7.93. The minimum absolute atomic E-state index is 0.0689. The number of amides is 1. The molecule has 2 aliphatic heterocycles. The first-order chi connectivity index (χ1) is 11.2. The van der Waals surface area contributed by atoms with Crippen molar-refractivity contribution in [3.8, 4) is 0 Å². The molecule has 1 aromatic heterocycles. The van der Waals surface area contributed by atoms with Crippen LogP contribution in [0.4, 0.5) is 11.4 Å². The third-order valence-electron chi connectivity index (χ3n) is 4.30. The van der Waals surface area contributed by atoms with E-state index in [1.54, 1.807) is 0 Å². The number of nitrogens with zero attached hydrogens (tertiary/aromatic N) is 3. The van der Waals surface area contributed by atoms with Crippen molar-refractivity contribution in [2.45, 2.75) is 20.1 Å². The number of nitrogens with one attached hydrogen (secondary N) is 1. The molecular weight excluding hydrogens is 296 g/mol. The predicted molar refractivity (Wildman–Crippen MR) is 86.7 cm³/mol. The third kappa shape index (κ3) is 2.66. The average Bonchev–Trinajstić information content (AvgIpc) is 2.92. The summed E-state index contributed by atoms with van der Waals surface area (Å²) in [4.78, 5) is 18.5. The standard InChI is InChI=1S/C16H20N4O3/c1-11(21)17-12-9-15-13(18-16-10-23-7-4-20(15)16)8-14(12)19-2-5-22-6-3-19/h8-9H,2-7,10H2,1H3,(H,17,21). The van der Waals surface area contributed by atoms with E-state index in [4.69, 9.17) is 14.5 Å². The maximum Gasteiger partial charge on any atom is 0.221 e. The van der Waals surface area contributed by atoms with Gasteiger partial charge in [0.25, 0.3) is 0 Å². The van der Waals surface area contributed by atoms with Crippen molar-refractivity contribution in [3.05, 3.63) is 18.0 Å². The van der Waals surface area contributed by atoms with Gasteiger partial charge in [0.2, 0.25) is 5.91 Å². The maximum absolute atomic E-state index is 11.6. The Morgan fingerprint density at radius 3 is 2.74 bits per heavy atom. The molecule has 0 atom stereocenters. The monoisotopic (exact) mass is 316 g/mol. The molecule has 7 nitrogen and oxygen atoms in total. The van der Waals surface area contributed by atoms with E-state index < -0.39 is 0 Å². The largest absolute Gasteiger partial charge is 0.378 e. The number of rotatable bonds is 2. The van der Waals surface area contributed by atoms with Crippen molar-refractivity contribution in [3.63, 3.8) is 0 Å². The molecule has 0 spiro atoms. The van der Waals surface area contributed by atoms with Crippen LogP contribution in [0, 0.1) is 0 Å². The fourth-order valence-electron chi connectivity index (χ4n) is 3.24. The van der Waals surface area contributed by atoms with Crippen LogP contribution in [0.5, 0.6) is 0 Å². The second-order valence-electron chi connectivity index (χ2n) is 5.87. The molecule has 0 unspecified atom stereocenters. The summed E-state index contributed by atoms with van der Waals surface area (Å²) in [7, 11) is 0. The van der Waals surface area contributed by atoms with Crippen LogP contribution in [-0.2, 0) is 27.4 Å². The van der Waals surface area contributed by atoms with Gasteiger partial charge in [0.1, 0.15) is 12.4 Å². The highest BCUT2D eigenvalue weighted by molar-refractivity contribution is 5.97. The van der Waals surface area contributed by atoms with Crippen molar-refractivity contribution >= 4 is 28.3 Å². The van der Waals surface area contributed by atoms with Gasteiger partial charge in [-0.3, -0.25) is 4.79 Å². The van der Waals surface area contributed by atoms with Crippen LogP contribution in [0.3, 0.4) is 0 Å². The number of benzene rings is 1. The highest BCUT2D eigenvalue weighted by Crippen LogP contribution is 2.33. The zero-order chi connectivity index (χ0) is 15.8. The van der Waals surface area contributed by atoms with Gasteiger partial charge in [-0.25, -0.2) is 4.98 Å². The molecule has 1 N–H and O–H groups in total. The molecule has 1 aromatic carbocycles. The molecule has 7 heteroatoms. The fraction of sp³-hybridized carbons (Fsp3) is 0.500. The summed E-state index contributed by atoms with van der Waals surface area (Å²) in [5, 5.41) is 2.97. The van der Waals surface area contributed by atoms with Crippen LogP contribution in [-0.4, -0.2) is 48.4 Å². The van der Waals surface area contributed by atoms with Crippen molar-refractivity contribution in [1.82, 2.24) is 9.55 Å². The Bertz CT molecular complexity index is 749. The van der Waals surface area contributed by atoms with Gasteiger partial charge in [-0.2, -0.15) is 0 Å². The summed E-state index contributed by atoms with van der Waals surface area (Å²) >= 11 is 0. The van der Waals surface area contributed by atoms with Gasteiger partial charge in [-0.1, -0.05) is 0 Å². The SMILES string of the molecule is CC(=O)Nc1cc2c(cc1N1CCOCC1)nc1n2CCOC1.